The number of carbonyl (C=O) groups is 4. The number of aliphatic carboxylic acids is 1. The molecule has 0 radical (unpaired) electrons. The van der Waals surface area contributed by atoms with Gasteiger partial charge in [-0.05, 0) is 31.7 Å². The van der Waals surface area contributed by atoms with Crippen LogP contribution in [0, 0.1) is 5.92 Å². The molecule has 0 saturated heterocycles. The molecule has 1 aromatic heterocycles. The number of carboxylic acids is 1. The molecule has 0 aliphatic heterocycles. The summed E-state index contributed by atoms with van der Waals surface area (Å²) in [5, 5.41) is 17.3. The van der Waals surface area contributed by atoms with Gasteiger partial charge < -0.3 is 37.5 Å². The SMILES string of the molecule is CCC(C)C(NC(=O)C(Cc1cnc[nH]1)NC(=O)C(N)CS)C(=O)NC(CCCCN)C(=O)O. The first-order chi connectivity index (χ1) is 16.1. The van der Waals surface area contributed by atoms with Crippen molar-refractivity contribution in [3.05, 3.63) is 18.2 Å². The van der Waals surface area contributed by atoms with Gasteiger partial charge in [-0.2, -0.15) is 12.6 Å². The molecular formula is C21H37N7O5S. The Hall–Kier alpha value is -2.64. The lowest BCUT2D eigenvalue weighted by molar-refractivity contribution is -0.143. The number of imidazole rings is 1. The summed E-state index contributed by atoms with van der Waals surface area (Å²) in [6.07, 6.45) is 4.99. The summed E-state index contributed by atoms with van der Waals surface area (Å²) >= 11 is 4.01. The maximum atomic E-state index is 13.2. The van der Waals surface area contributed by atoms with Crippen LogP contribution in [0.15, 0.2) is 12.5 Å². The standard InChI is InChI=1S/C21H37N7O5S/c1-3-12(2)17(20(31)26-15(21(32)33)6-4-5-7-22)28-19(30)16(8-13-9-24-11-25-13)27-18(29)14(23)10-34/h9,11-12,14-17,34H,3-8,10,22-23H2,1-2H3,(H,24,25)(H,26,31)(H,27,29)(H,28,30)(H,32,33). The van der Waals surface area contributed by atoms with Gasteiger partial charge in [0.2, 0.25) is 17.7 Å². The van der Waals surface area contributed by atoms with Crippen LogP contribution >= 0.6 is 12.6 Å². The van der Waals surface area contributed by atoms with Crippen LogP contribution in [0.4, 0.5) is 0 Å². The second kappa shape index (κ2) is 15.3. The van der Waals surface area contributed by atoms with Crippen LogP contribution in [-0.2, 0) is 25.6 Å². The van der Waals surface area contributed by atoms with Gasteiger partial charge in [-0.25, -0.2) is 9.78 Å². The van der Waals surface area contributed by atoms with Crippen molar-refractivity contribution in [3.8, 4) is 0 Å². The average Bonchev–Trinajstić information content (AvgIpc) is 3.33. The summed E-state index contributed by atoms with van der Waals surface area (Å²) in [4.78, 5) is 56.9. The number of carbonyl (C=O) groups excluding carboxylic acids is 3. The number of nitrogens with two attached hydrogens (primary N) is 2. The minimum Gasteiger partial charge on any atom is -0.480 e. The lowest BCUT2D eigenvalue weighted by atomic mass is 9.96. The largest absolute Gasteiger partial charge is 0.480 e. The molecule has 34 heavy (non-hydrogen) atoms. The lowest BCUT2D eigenvalue weighted by Crippen LogP contribution is -2.59. The van der Waals surface area contributed by atoms with Crippen molar-refractivity contribution < 1.29 is 24.3 Å². The van der Waals surface area contributed by atoms with Gasteiger partial charge in [-0.15, -0.1) is 0 Å². The van der Waals surface area contributed by atoms with Crippen LogP contribution in [0.5, 0.6) is 0 Å². The fourth-order valence-electron chi connectivity index (χ4n) is 3.15. The molecule has 0 aromatic carbocycles. The molecule has 1 rings (SSSR count). The van der Waals surface area contributed by atoms with E-state index in [-0.39, 0.29) is 24.5 Å². The molecule has 0 saturated carbocycles. The quantitative estimate of drug-likeness (QED) is 0.103. The minimum atomic E-state index is -1.16. The summed E-state index contributed by atoms with van der Waals surface area (Å²) < 4.78 is 0. The van der Waals surface area contributed by atoms with E-state index in [0.717, 1.165) is 0 Å². The first-order valence-corrected chi connectivity index (χ1v) is 11.9. The zero-order valence-electron chi connectivity index (χ0n) is 19.6. The number of hydrogen-bond acceptors (Lipinski definition) is 8. The van der Waals surface area contributed by atoms with Crippen LogP contribution < -0.4 is 27.4 Å². The van der Waals surface area contributed by atoms with E-state index >= 15 is 0 Å². The van der Waals surface area contributed by atoms with E-state index in [2.05, 4.69) is 38.5 Å². The average molecular weight is 500 g/mol. The van der Waals surface area contributed by atoms with Crippen LogP contribution in [0.3, 0.4) is 0 Å². The summed E-state index contributed by atoms with van der Waals surface area (Å²) in [7, 11) is 0. The van der Waals surface area contributed by atoms with Crippen molar-refractivity contribution in [2.75, 3.05) is 12.3 Å². The van der Waals surface area contributed by atoms with Crippen molar-refractivity contribution >= 4 is 36.3 Å². The van der Waals surface area contributed by atoms with E-state index in [1.807, 2.05) is 6.92 Å². The molecule has 0 aliphatic rings. The van der Waals surface area contributed by atoms with Crippen LogP contribution in [0.2, 0.25) is 0 Å². The highest BCUT2D eigenvalue weighted by Gasteiger charge is 2.32. The first-order valence-electron chi connectivity index (χ1n) is 11.3. The fraction of sp³-hybridized carbons (Fsp3) is 0.667. The highest BCUT2D eigenvalue weighted by atomic mass is 32.1. The Morgan fingerprint density at radius 1 is 1.12 bits per heavy atom. The van der Waals surface area contributed by atoms with E-state index < -0.39 is 47.9 Å². The normalized spacial score (nSPS) is 15.4. The second-order valence-electron chi connectivity index (χ2n) is 8.19. The summed E-state index contributed by atoms with van der Waals surface area (Å²) in [6.45, 7) is 4.04. The monoisotopic (exact) mass is 499 g/mol. The number of thiol groups is 1. The molecule has 12 nitrogen and oxygen atoms in total. The third kappa shape index (κ3) is 9.69. The molecule has 0 aliphatic carbocycles. The van der Waals surface area contributed by atoms with Crippen molar-refractivity contribution in [2.24, 2.45) is 17.4 Å². The molecular weight excluding hydrogens is 462 g/mol. The topological polar surface area (TPSA) is 205 Å². The third-order valence-corrected chi connectivity index (χ3v) is 5.89. The Morgan fingerprint density at radius 2 is 1.79 bits per heavy atom. The van der Waals surface area contributed by atoms with Gasteiger partial charge in [0, 0.05) is 24.1 Å². The Kier molecular flexibility index (Phi) is 13.2. The number of rotatable bonds is 16. The Bertz CT molecular complexity index is 792. The highest BCUT2D eigenvalue weighted by Crippen LogP contribution is 2.11. The van der Waals surface area contributed by atoms with E-state index in [1.165, 1.54) is 12.5 Å². The Labute approximate surface area is 204 Å². The van der Waals surface area contributed by atoms with Crippen molar-refractivity contribution in [1.82, 2.24) is 25.9 Å². The van der Waals surface area contributed by atoms with E-state index in [4.69, 9.17) is 11.5 Å². The fourth-order valence-corrected chi connectivity index (χ4v) is 3.32. The van der Waals surface area contributed by atoms with Crippen molar-refractivity contribution in [2.45, 2.75) is 70.1 Å². The molecule has 5 unspecified atom stereocenters. The number of H-pyrrole nitrogens is 1. The molecule has 3 amide bonds. The Balaban J connectivity index is 3.01. The van der Waals surface area contributed by atoms with Gasteiger partial charge in [0.25, 0.3) is 0 Å². The number of unbranched alkanes of at least 4 members (excludes halogenated alkanes) is 1. The van der Waals surface area contributed by atoms with Gasteiger partial charge in [0.05, 0.1) is 12.4 Å². The Morgan fingerprint density at radius 3 is 2.32 bits per heavy atom. The number of nitrogens with zero attached hydrogens (tertiary/aromatic N) is 1. The molecule has 1 aromatic rings. The molecule has 9 N–H and O–H groups in total. The number of carboxylic acid groups (broad SMARTS) is 1. The lowest BCUT2D eigenvalue weighted by Gasteiger charge is -2.28. The molecule has 5 atom stereocenters. The molecule has 1 heterocycles. The van der Waals surface area contributed by atoms with Gasteiger partial charge >= 0.3 is 5.97 Å². The molecule has 0 bridgehead atoms. The van der Waals surface area contributed by atoms with Gasteiger partial charge in [0.15, 0.2) is 0 Å². The van der Waals surface area contributed by atoms with E-state index in [1.54, 1.807) is 6.92 Å². The summed E-state index contributed by atoms with van der Waals surface area (Å²) in [5.74, 6) is -3.16. The smallest absolute Gasteiger partial charge is 0.326 e. The zero-order chi connectivity index (χ0) is 25.7. The molecule has 13 heteroatoms. The van der Waals surface area contributed by atoms with Crippen LogP contribution in [0.1, 0.15) is 45.2 Å². The summed E-state index contributed by atoms with van der Waals surface area (Å²) in [5.41, 5.74) is 11.8. The van der Waals surface area contributed by atoms with Gasteiger partial charge in [-0.1, -0.05) is 20.3 Å². The van der Waals surface area contributed by atoms with Crippen molar-refractivity contribution in [3.63, 3.8) is 0 Å². The number of aromatic nitrogens is 2. The third-order valence-electron chi connectivity index (χ3n) is 5.50. The molecule has 192 valence electrons. The highest BCUT2D eigenvalue weighted by molar-refractivity contribution is 7.80. The van der Waals surface area contributed by atoms with Crippen molar-refractivity contribution in [1.29, 1.82) is 0 Å². The number of hydrogen-bond donors (Lipinski definition) is 8. The zero-order valence-corrected chi connectivity index (χ0v) is 20.5. The number of amides is 3. The predicted octanol–water partition coefficient (Wildman–Crippen LogP) is -1.08. The molecule has 0 fully saturated rings. The van der Waals surface area contributed by atoms with Gasteiger partial charge in [0.1, 0.15) is 18.1 Å². The van der Waals surface area contributed by atoms with E-state index in [9.17, 15) is 24.3 Å². The van der Waals surface area contributed by atoms with Gasteiger partial charge in [-0.3, -0.25) is 14.4 Å². The first kappa shape index (κ1) is 29.4. The second-order valence-corrected chi connectivity index (χ2v) is 8.55. The molecule has 0 spiro atoms. The van der Waals surface area contributed by atoms with E-state index in [0.29, 0.717) is 31.5 Å². The maximum Gasteiger partial charge on any atom is 0.326 e. The summed E-state index contributed by atoms with van der Waals surface area (Å²) in [6, 6.07) is -4.07. The maximum absolute atomic E-state index is 13.2. The van der Waals surface area contributed by atoms with Crippen LogP contribution in [-0.4, -0.2) is 75.2 Å². The number of aromatic amines is 1. The van der Waals surface area contributed by atoms with Crippen LogP contribution in [0.25, 0.3) is 0 Å². The minimum absolute atomic E-state index is 0.0859. The number of nitrogens with one attached hydrogen (secondary N) is 4. The predicted molar refractivity (Wildman–Crippen MR) is 130 cm³/mol.